The van der Waals surface area contributed by atoms with E-state index in [0.717, 1.165) is 53.2 Å². The van der Waals surface area contributed by atoms with E-state index in [4.69, 9.17) is 0 Å². The Labute approximate surface area is 210 Å². The third kappa shape index (κ3) is 5.40. The van der Waals surface area contributed by atoms with Crippen LogP contribution in [0.1, 0.15) is 49.1 Å². The van der Waals surface area contributed by atoms with Crippen LogP contribution in [0.25, 0.3) is 11.0 Å². The van der Waals surface area contributed by atoms with Gasteiger partial charge in [0.25, 0.3) is 0 Å². The number of hydrogen-bond donors (Lipinski definition) is 3. The Bertz CT molecular complexity index is 1330. The second-order valence-electron chi connectivity index (χ2n) is 9.32. The molecule has 3 N–H and O–H groups in total. The Balaban J connectivity index is 1.16. The van der Waals surface area contributed by atoms with E-state index in [1.165, 1.54) is 5.56 Å². The fourth-order valence-corrected chi connectivity index (χ4v) is 4.97. The van der Waals surface area contributed by atoms with Crippen LogP contribution in [-0.2, 0) is 16.0 Å². The summed E-state index contributed by atoms with van der Waals surface area (Å²) in [5, 5.41) is 12.6. The van der Waals surface area contributed by atoms with Crippen LogP contribution in [0.2, 0.25) is 0 Å². The first-order valence-electron chi connectivity index (χ1n) is 12.5. The Morgan fingerprint density at radius 1 is 1.03 bits per heavy atom. The molecule has 1 aliphatic rings. The fourth-order valence-electron chi connectivity index (χ4n) is 4.97. The largest absolute Gasteiger partial charge is 0.481 e. The maximum absolute atomic E-state index is 12.9. The lowest BCUT2D eigenvalue weighted by Gasteiger charge is -2.24. The number of hydrogen-bond acceptors (Lipinski definition) is 4. The third-order valence-electron chi connectivity index (χ3n) is 6.80. The molecule has 7 nitrogen and oxygen atoms in total. The molecule has 36 heavy (non-hydrogen) atoms. The minimum atomic E-state index is -0.825. The van der Waals surface area contributed by atoms with Crippen LogP contribution in [0.15, 0.2) is 72.8 Å². The first-order chi connectivity index (χ1) is 17.6. The van der Waals surface area contributed by atoms with E-state index in [1.807, 2.05) is 53.4 Å². The minimum Gasteiger partial charge on any atom is -0.481 e. The molecule has 1 amide bonds. The number of carbonyl (C=O) groups excluding carboxylic acids is 1. The number of imidazole rings is 1. The van der Waals surface area contributed by atoms with E-state index in [0.29, 0.717) is 19.4 Å². The Morgan fingerprint density at radius 2 is 1.81 bits per heavy atom. The van der Waals surface area contributed by atoms with Crippen molar-refractivity contribution in [3.8, 4) is 0 Å². The number of nitrogens with one attached hydrogen (secondary N) is 2. The van der Waals surface area contributed by atoms with Crippen molar-refractivity contribution in [2.45, 2.75) is 44.4 Å². The highest BCUT2D eigenvalue weighted by Crippen LogP contribution is 2.37. The maximum Gasteiger partial charge on any atom is 0.303 e. The van der Waals surface area contributed by atoms with Crippen molar-refractivity contribution in [3.05, 3.63) is 83.9 Å². The molecule has 5 rings (SSSR count). The Kier molecular flexibility index (Phi) is 6.98. The van der Waals surface area contributed by atoms with Crippen LogP contribution in [0, 0.1) is 0 Å². The number of aliphatic carboxylic acids is 1. The van der Waals surface area contributed by atoms with Crippen molar-refractivity contribution < 1.29 is 14.7 Å². The number of carboxylic acids is 1. The quantitative estimate of drug-likeness (QED) is 0.254. The number of benzene rings is 3. The Hall–Kier alpha value is -4.13. The summed E-state index contributed by atoms with van der Waals surface area (Å²) in [4.78, 5) is 33.9. The number of aromatic nitrogens is 2. The predicted octanol–water partition coefficient (Wildman–Crippen LogP) is 6.01. The van der Waals surface area contributed by atoms with Gasteiger partial charge in [0, 0.05) is 24.3 Å². The summed E-state index contributed by atoms with van der Waals surface area (Å²) < 4.78 is 0. The zero-order chi connectivity index (χ0) is 24.9. The van der Waals surface area contributed by atoms with Gasteiger partial charge in [0.2, 0.25) is 11.9 Å². The predicted molar refractivity (Wildman–Crippen MR) is 142 cm³/mol. The summed E-state index contributed by atoms with van der Waals surface area (Å²) in [6, 6.07) is 24.0. The van der Waals surface area contributed by atoms with Crippen molar-refractivity contribution >= 4 is 40.2 Å². The molecule has 0 saturated carbocycles. The normalized spacial score (nSPS) is 15.5. The molecule has 4 aromatic rings. The molecule has 2 heterocycles. The van der Waals surface area contributed by atoms with Crippen molar-refractivity contribution in [2.24, 2.45) is 0 Å². The number of para-hydroxylation sites is 3. The number of nitrogens with zero attached hydrogens (tertiary/aromatic N) is 2. The standard InChI is InChI=1S/C29H30N4O3/c34-27-17-14-21(19-28(35)36)23-8-1-4-11-26(23)33(27)18-6-5-7-20-12-15-22(16-13-20)30-29-31-24-9-2-3-10-25(24)32-29/h1-4,8-13,15-16,21H,5-7,14,17-19H2,(H,35,36)(H2,30,31,32). The molecular formula is C29H30N4O3. The SMILES string of the molecule is O=C(O)CC1CCC(=O)N(CCCCc2ccc(Nc3nc4ccccc4[nH]3)cc2)c2ccccc21. The first kappa shape index (κ1) is 23.6. The van der Waals surface area contributed by atoms with Crippen LogP contribution in [0.5, 0.6) is 0 Å². The number of amides is 1. The molecule has 7 heteroatoms. The smallest absolute Gasteiger partial charge is 0.303 e. The molecule has 3 aromatic carbocycles. The second-order valence-corrected chi connectivity index (χ2v) is 9.32. The van der Waals surface area contributed by atoms with Crippen molar-refractivity contribution in [3.63, 3.8) is 0 Å². The van der Waals surface area contributed by atoms with Crippen molar-refractivity contribution in [1.29, 1.82) is 0 Å². The van der Waals surface area contributed by atoms with Gasteiger partial charge in [0.15, 0.2) is 0 Å². The number of H-pyrrole nitrogens is 1. The summed E-state index contributed by atoms with van der Waals surface area (Å²) in [5.74, 6) is -0.151. The van der Waals surface area contributed by atoms with Crippen LogP contribution < -0.4 is 10.2 Å². The van der Waals surface area contributed by atoms with Gasteiger partial charge >= 0.3 is 5.97 Å². The lowest BCUT2D eigenvalue weighted by atomic mass is 9.91. The summed E-state index contributed by atoms with van der Waals surface area (Å²) in [5.41, 5.74) is 5.99. The maximum atomic E-state index is 12.9. The zero-order valence-corrected chi connectivity index (χ0v) is 20.1. The molecule has 184 valence electrons. The number of carboxylic acid groups (broad SMARTS) is 1. The molecule has 0 radical (unpaired) electrons. The topological polar surface area (TPSA) is 98.3 Å². The summed E-state index contributed by atoms with van der Waals surface area (Å²) >= 11 is 0. The average molecular weight is 483 g/mol. The summed E-state index contributed by atoms with van der Waals surface area (Å²) in [6.45, 7) is 0.640. The van der Waals surface area contributed by atoms with Gasteiger partial charge in [-0.1, -0.05) is 42.5 Å². The molecule has 0 spiro atoms. The van der Waals surface area contributed by atoms with E-state index in [-0.39, 0.29) is 18.2 Å². The number of carbonyl (C=O) groups is 2. The van der Waals surface area contributed by atoms with Crippen LogP contribution in [-0.4, -0.2) is 33.5 Å². The van der Waals surface area contributed by atoms with Gasteiger partial charge in [0.1, 0.15) is 0 Å². The van der Waals surface area contributed by atoms with E-state index in [9.17, 15) is 14.7 Å². The van der Waals surface area contributed by atoms with Crippen LogP contribution >= 0.6 is 0 Å². The molecule has 0 saturated heterocycles. The monoisotopic (exact) mass is 482 g/mol. The van der Waals surface area contributed by atoms with E-state index >= 15 is 0 Å². The average Bonchev–Trinajstić information content (AvgIpc) is 3.24. The lowest BCUT2D eigenvalue weighted by Crippen LogP contribution is -2.31. The number of unbranched alkanes of at least 4 members (excludes halogenated alkanes) is 1. The molecule has 1 atom stereocenters. The summed E-state index contributed by atoms with van der Waals surface area (Å²) in [7, 11) is 0. The number of rotatable bonds is 9. The minimum absolute atomic E-state index is 0.0549. The number of aromatic amines is 1. The molecular weight excluding hydrogens is 452 g/mol. The highest BCUT2D eigenvalue weighted by Gasteiger charge is 2.28. The van der Waals surface area contributed by atoms with Crippen LogP contribution in [0.3, 0.4) is 0 Å². The van der Waals surface area contributed by atoms with Gasteiger partial charge in [-0.05, 0) is 73.1 Å². The van der Waals surface area contributed by atoms with Gasteiger partial charge in [-0.15, -0.1) is 0 Å². The molecule has 0 aliphatic carbocycles. The molecule has 0 bridgehead atoms. The molecule has 0 fully saturated rings. The van der Waals surface area contributed by atoms with E-state index in [2.05, 4.69) is 39.6 Å². The third-order valence-corrected chi connectivity index (χ3v) is 6.80. The lowest BCUT2D eigenvalue weighted by molar-refractivity contribution is -0.137. The number of aryl methyl sites for hydroxylation is 1. The first-order valence-corrected chi connectivity index (χ1v) is 12.5. The molecule has 1 unspecified atom stereocenters. The molecule has 1 aromatic heterocycles. The van der Waals surface area contributed by atoms with Crippen molar-refractivity contribution in [2.75, 3.05) is 16.8 Å². The van der Waals surface area contributed by atoms with Crippen LogP contribution in [0.4, 0.5) is 17.3 Å². The number of anilines is 3. The fraction of sp³-hybridized carbons (Fsp3) is 0.276. The van der Waals surface area contributed by atoms with Gasteiger partial charge in [0.05, 0.1) is 17.5 Å². The highest BCUT2D eigenvalue weighted by molar-refractivity contribution is 5.95. The van der Waals surface area contributed by atoms with Gasteiger partial charge < -0.3 is 20.3 Å². The zero-order valence-electron chi connectivity index (χ0n) is 20.1. The number of fused-ring (bicyclic) bond motifs is 2. The van der Waals surface area contributed by atoms with Gasteiger partial charge in [-0.2, -0.15) is 0 Å². The van der Waals surface area contributed by atoms with Gasteiger partial charge in [-0.25, -0.2) is 4.98 Å². The highest BCUT2D eigenvalue weighted by atomic mass is 16.4. The van der Waals surface area contributed by atoms with E-state index in [1.54, 1.807) is 0 Å². The second kappa shape index (κ2) is 10.6. The van der Waals surface area contributed by atoms with Gasteiger partial charge in [-0.3, -0.25) is 9.59 Å². The summed E-state index contributed by atoms with van der Waals surface area (Å²) in [6.07, 6.45) is 3.78. The van der Waals surface area contributed by atoms with Crippen molar-refractivity contribution in [1.82, 2.24) is 9.97 Å². The molecule has 1 aliphatic heterocycles. The van der Waals surface area contributed by atoms with E-state index < -0.39 is 5.97 Å². The Morgan fingerprint density at radius 3 is 2.61 bits per heavy atom.